The third kappa shape index (κ3) is 3.42. The number of benzene rings is 1. The molecule has 25 heavy (non-hydrogen) atoms. The quantitative estimate of drug-likeness (QED) is 0.753. The van der Waals surface area contributed by atoms with Crippen LogP contribution in [0, 0.1) is 0 Å². The van der Waals surface area contributed by atoms with E-state index in [2.05, 4.69) is 28.9 Å². The Kier molecular flexibility index (Phi) is 5.13. The molecule has 7 heteroatoms. The van der Waals surface area contributed by atoms with Crippen LogP contribution in [0.25, 0.3) is 0 Å². The molecule has 0 radical (unpaired) electrons. The first-order valence-corrected chi connectivity index (χ1v) is 9.05. The van der Waals surface area contributed by atoms with E-state index >= 15 is 0 Å². The van der Waals surface area contributed by atoms with Crippen LogP contribution in [0.15, 0.2) is 34.3 Å². The largest absolute Gasteiger partial charge is 0.395 e. The zero-order chi connectivity index (χ0) is 17.9. The SMILES string of the molecule is CCN(CCO)c1ccc(N2C(N)=NC(N)=NC23CCCCC3)cc1. The van der Waals surface area contributed by atoms with Crippen LogP contribution in [0.3, 0.4) is 0 Å². The first-order valence-electron chi connectivity index (χ1n) is 9.05. The number of nitrogens with zero attached hydrogens (tertiary/aromatic N) is 4. The van der Waals surface area contributed by atoms with E-state index in [4.69, 9.17) is 16.5 Å². The van der Waals surface area contributed by atoms with Crippen molar-refractivity contribution in [3.63, 3.8) is 0 Å². The van der Waals surface area contributed by atoms with Gasteiger partial charge in [-0.2, -0.15) is 4.99 Å². The van der Waals surface area contributed by atoms with E-state index in [9.17, 15) is 5.11 Å². The third-order valence-corrected chi connectivity index (χ3v) is 5.08. The van der Waals surface area contributed by atoms with E-state index < -0.39 is 5.66 Å². The van der Waals surface area contributed by atoms with Gasteiger partial charge in [-0.25, -0.2) is 4.99 Å². The van der Waals surface area contributed by atoms with Gasteiger partial charge in [-0.15, -0.1) is 0 Å². The van der Waals surface area contributed by atoms with Crippen molar-refractivity contribution in [3.05, 3.63) is 24.3 Å². The van der Waals surface area contributed by atoms with Crippen LogP contribution in [-0.4, -0.2) is 42.4 Å². The summed E-state index contributed by atoms with van der Waals surface area (Å²) in [6, 6.07) is 8.20. The van der Waals surface area contributed by atoms with Crippen LogP contribution >= 0.6 is 0 Å². The molecule has 1 saturated carbocycles. The van der Waals surface area contributed by atoms with E-state index in [0.717, 1.165) is 43.6 Å². The minimum absolute atomic E-state index is 0.137. The van der Waals surface area contributed by atoms with Crippen molar-refractivity contribution in [1.82, 2.24) is 0 Å². The highest BCUT2D eigenvalue weighted by Crippen LogP contribution is 2.39. The van der Waals surface area contributed by atoms with Crippen LogP contribution in [0.5, 0.6) is 0 Å². The van der Waals surface area contributed by atoms with Crippen LogP contribution in [0.2, 0.25) is 0 Å². The molecule has 7 nitrogen and oxygen atoms in total. The number of guanidine groups is 2. The van der Waals surface area contributed by atoms with Crippen LogP contribution < -0.4 is 21.3 Å². The van der Waals surface area contributed by atoms with Gasteiger partial charge in [0.05, 0.1) is 6.61 Å². The summed E-state index contributed by atoms with van der Waals surface area (Å²) in [7, 11) is 0. The first-order chi connectivity index (χ1) is 12.1. The van der Waals surface area contributed by atoms with E-state index in [-0.39, 0.29) is 12.6 Å². The number of hydrogen-bond acceptors (Lipinski definition) is 7. The van der Waals surface area contributed by atoms with Gasteiger partial charge in [0, 0.05) is 24.5 Å². The van der Waals surface area contributed by atoms with Gasteiger partial charge in [-0.05, 0) is 56.9 Å². The molecule has 0 unspecified atom stereocenters. The monoisotopic (exact) mass is 344 g/mol. The lowest BCUT2D eigenvalue weighted by Gasteiger charge is -2.45. The summed E-state index contributed by atoms with van der Waals surface area (Å²) < 4.78 is 0. The van der Waals surface area contributed by atoms with Gasteiger partial charge in [0.15, 0.2) is 0 Å². The molecule has 0 bridgehead atoms. The van der Waals surface area contributed by atoms with E-state index in [0.29, 0.717) is 12.5 Å². The molecule has 0 amide bonds. The van der Waals surface area contributed by atoms with Crippen molar-refractivity contribution in [3.8, 4) is 0 Å². The second-order valence-corrected chi connectivity index (χ2v) is 6.64. The highest BCUT2D eigenvalue weighted by atomic mass is 16.3. The molecule has 2 aliphatic rings. The van der Waals surface area contributed by atoms with Gasteiger partial charge in [0.25, 0.3) is 0 Å². The lowest BCUT2D eigenvalue weighted by Crippen LogP contribution is -2.58. The van der Waals surface area contributed by atoms with Crippen molar-refractivity contribution in [2.75, 3.05) is 29.5 Å². The lowest BCUT2D eigenvalue weighted by atomic mass is 9.87. The molecule has 5 N–H and O–H groups in total. The standard InChI is InChI=1S/C18H28N6O/c1-2-23(12-13-25)14-6-8-15(9-7-14)24-17(20)21-16(19)22-18(24)10-4-3-5-11-18/h6-9,25H,2-5,10-13H2,1H3,(H4,19,20,21,22). The second kappa shape index (κ2) is 7.31. The number of anilines is 2. The molecule has 136 valence electrons. The maximum absolute atomic E-state index is 9.20. The predicted molar refractivity (Wildman–Crippen MR) is 103 cm³/mol. The molecule has 1 aliphatic heterocycles. The number of aliphatic hydroxyl groups excluding tert-OH is 1. The molecular weight excluding hydrogens is 316 g/mol. The van der Waals surface area contributed by atoms with Crippen molar-refractivity contribution >= 4 is 23.3 Å². The highest BCUT2D eigenvalue weighted by molar-refractivity contribution is 6.05. The Morgan fingerprint density at radius 3 is 2.44 bits per heavy atom. The molecule has 1 aromatic rings. The first kappa shape index (κ1) is 17.5. The summed E-state index contributed by atoms with van der Waals surface area (Å²) in [5.41, 5.74) is 13.8. The Bertz CT molecular complexity index is 648. The van der Waals surface area contributed by atoms with E-state index in [1.165, 1.54) is 6.42 Å². The van der Waals surface area contributed by atoms with Gasteiger partial charge in [-0.3, -0.25) is 4.90 Å². The average molecular weight is 344 g/mol. The Morgan fingerprint density at radius 2 is 1.84 bits per heavy atom. The number of likely N-dealkylation sites (N-methyl/N-ethyl adjacent to an activating group) is 1. The normalized spacial score (nSPS) is 19.5. The zero-order valence-electron chi connectivity index (χ0n) is 14.9. The molecule has 1 fully saturated rings. The van der Waals surface area contributed by atoms with E-state index in [1.807, 2.05) is 17.0 Å². The van der Waals surface area contributed by atoms with Crippen molar-refractivity contribution in [1.29, 1.82) is 0 Å². The van der Waals surface area contributed by atoms with Crippen molar-refractivity contribution < 1.29 is 5.11 Å². The summed E-state index contributed by atoms with van der Waals surface area (Å²) in [4.78, 5) is 13.1. The van der Waals surface area contributed by atoms with Crippen LogP contribution in [0.4, 0.5) is 11.4 Å². The highest BCUT2D eigenvalue weighted by Gasteiger charge is 2.42. The predicted octanol–water partition coefficient (Wildman–Crippen LogP) is 1.61. The third-order valence-electron chi connectivity index (χ3n) is 5.08. The van der Waals surface area contributed by atoms with Gasteiger partial charge in [0.1, 0.15) is 5.66 Å². The number of nitrogens with two attached hydrogens (primary N) is 2. The molecule has 3 rings (SSSR count). The summed E-state index contributed by atoms with van der Waals surface area (Å²) in [6.07, 6.45) is 5.29. The van der Waals surface area contributed by atoms with Gasteiger partial charge >= 0.3 is 0 Å². The van der Waals surface area contributed by atoms with Crippen molar-refractivity contribution in [2.45, 2.75) is 44.7 Å². The number of aliphatic imine (C=N–C) groups is 2. The number of aliphatic hydroxyl groups is 1. The fraction of sp³-hybridized carbons (Fsp3) is 0.556. The fourth-order valence-corrected chi connectivity index (χ4v) is 3.90. The molecule has 0 saturated heterocycles. The molecular formula is C18H28N6O. The molecule has 0 atom stereocenters. The van der Waals surface area contributed by atoms with Crippen LogP contribution in [-0.2, 0) is 0 Å². The summed E-state index contributed by atoms with van der Waals surface area (Å²) in [5, 5.41) is 9.20. The van der Waals surface area contributed by atoms with Crippen molar-refractivity contribution in [2.24, 2.45) is 21.5 Å². The molecule has 1 aromatic carbocycles. The van der Waals surface area contributed by atoms with Gasteiger partial charge in [0.2, 0.25) is 11.9 Å². The molecule has 0 aromatic heterocycles. The number of hydrogen-bond donors (Lipinski definition) is 3. The minimum atomic E-state index is -0.411. The topological polar surface area (TPSA) is 103 Å². The maximum atomic E-state index is 9.20. The van der Waals surface area contributed by atoms with Gasteiger partial charge in [-0.1, -0.05) is 6.42 Å². The summed E-state index contributed by atoms with van der Waals surface area (Å²) in [5.74, 6) is 0.678. The molecule has 1 spiro atoms. The maximum Gasteiger partial charge on any atom is 0.220 e. The summed E-state index contributed by atoms with van der Waals surface area (Å²) in [6.45, 7) is 3.68. The Hall–Kier alpha value is -2.28. The average Bonchev–Trinajstić information content (AvgIpc) is 2.60. The second-order valence-electron chi connectivity index (χ2n) is 6.64. The molecule has 1 aliphatic carbocycles. The summed E-state index contributed by atoms with van der Waals surface area (Å²) >= 11 is 0. The van der Waals surface area contributed by atoms with Gasteiger partial charge < -0.3 is 21.5 Å². The Balaban J connectivity index is 1.92. The Labute approximate surface area is 149 Å². The van der Waals surface area contributed by atoms with Crippen LogP contribution in [0.1, 0.15) is 39.0 Å². The smallest absolute Gasteiger partial charge is 0.220 e. The molecule has 1 heterocycles. The zero-order valence-corrected chi connectivity index (χ0v) is 14.9. The van der Waals surface area contributed by atoms with E-state index in [1.54, 1.807) is 0 Å². The lowest BCUT2D eigenvalue weighted by molar-refractivity contribution is 0.302. The fourth-order valence-electron chi connectivity index (χ4n) is 3.90. The Morgan fingerprint density at radius 1 is 1.16 bits per heavy atom. The number of rotatable bonds is 5. The minimum Gasteiger partial charge on any atom is -0.395 e.